The lowest BCUT2D eigenvalue weighted by Crippen LogP contribution is -2.56. The molecule has 2 aliphatic rings. The second-order valence-electron chi connectivity index (χ2n) is 6.24. The second-order valence-corrected chi connectivity index (χ2v) is 6.24. The topological polar surface area (TPSA) is 113 Å². The van der Waals surface area contributed by atoms with Crippen LogP contribution in [0, 0.1) is 19.8 Å². The number of hydrogen-bond donors (Lipinski definition) is 2. The van der Waals surface area contributed by atoms with Gasteiger partial charge in [0.25, 0.3) is 5.91 Å². The van der Waals surface area contributed by atoms with Crippen LogP contribution >= 0.6 is 0 Å². The van der Waals surface area contributed by atoms with Crippen LogP contribution in [0.1, 0.15) is 41.4 Å². The van der Waals surface area contributed by atoms with Crippen LogP contribution in [-0.2, 0) is 9.59 Å². The number of aromatic nitrogens is 1. The molecule has 1 aromatic heterocycles. The van der Waals surface area contributed by atoms with E-state index in [9.17, 15) is 19.5 Å². The first kappa shape index (κ1) is 15.5. The van der Waals surface area contributed by atoms with E-state index in [4.69, 9.17) is 4.42 Å². The monoisotopic (exact) mass is 321 g/mol. The molecule has 3 rings (SSSR count). The molecular formula is C15H19N3O5. The van der Waals surface area contributed by atoms with Crippen molar-refractivity contribution >= 4 is 17.8 Å². The fourth-order valence-corrected chi connectivity index (χ4v) is 3.58. The van der Waals surface area contributed by atoms with E-state index in [1.165, 1.54) is 0 Å². The Hall–Kier alpha value is -2.38. The highest BCUT2D eigenvalue weighted by Crippen LogP contribution is 2.37. The quantitative estimate of drug-likeness (QED) is 0.819. The van der Waals surface area contributed by atoms with Crippen molar-refractivity contribution in [3.8, 4) is 0 Å². The number of oxazole rings is 1. The maximum Gasteiger partial charge on any atom is 0.309 e. The molecule has 0 aromatic carbocycles. The fraction of sp³-hybridized carbons (Fsp3) is 0.600. The molecule has 23 heavy (non-hydrogen) atoms. The third kappa shape index (κ3) is 2.58. The van der Waals surface area contributed by atoms with Gasteiger partial charge < -0.3 is 19.7 Å². The lowest BCUT2D eigenvalue weighted by molar-refractivity contribution is -0.144. The summed E-state index contributed by atoms with van der Waals surface area (Å²) < 4.78 is 5.36. The molecule has 2 N–H and O–H groups in total. The number of amides is 2. The number of aryl methyl sites for hydroxylation is 2. The highest BCUT2D eigenvalue weighted by Gasteiger charge is 2.52. The molecular weight excluding hydrogens is 302 g/mol. The molecule has 0 aliphatic carbocycles. The SMILES string of the molecule is Cc1nc(C)c(C(=O)N2CCC3(CC2)NC(=O)C[C@@H]3C(=O)O)o1. The van der Waals surface area contributed by atoms with Gasteiger partial charge in [0.15, 0.2) is 5.89 Å². The number of carbonyl (C=O) groups is 3. The van der Waals surface area contributed by atoms with Gasteiger partial charge in [-0.15, -0.1) is 0 Å². The number of nitrogens with zero attached hydrogens (tertiary/aromatic N) is 2. The predicted octanol–water partition coefficient (Wildman–Crippen LogP) is 0.487. The van der Waals surface area contributed by atoms with Crippen LogP contribution in [0.2, 0.25) is 0 Å². The average Bonchev–Trinajstić information content (AvgIpc) is 2.99. The molecule has 0 saturated carbocycles. The van der Waals surface area contributed by atoms with Crippen molar-refractivity contribution in [3.63, 3.8) is 0 Å². The Morgan fingerprint density at radius 2 is 2.00 bits per heavy atom. The van der Waals surface area contributed by atoms with Gasteiger partial charge in [0, 0.05) is 26.4 Å². The van der Waals surface area contributed by atoms with Crippen LogP contribution in [0.5, 0.6) is 0 Å². The van der Waals surface area contributed by atoms with Gasteiger partial charge in [-0.1, -0.05) is 0 Å². The third-order valence-electron chi connectivity index (χ3n) is 4.78. The molecule has 0 radical (unpaired) electrons. The fourth-order valence-electron chi connectivity index (χ4n) is 3.58. The van der Waals surface area contributed by atoms with E-state index in [1.54, 1.807) is 18.7 Å². The minimum atomic E-state index is -0.968. The van der Waals surface area contributed by atoms with Crippen molar-refractivity contribution < 1.29 is 23.9 Å². The first-order chi connectivity index (χ1) is 10.8. The number of carboxylic acids is 1. The van der Waals surface area contributed by atoms with Crippen molar-refractivity contribution in [1.29, 1.82) is 0 Å². The Balaban J connectivity index is 1.73. The summed E-state index contributed by atoms with van der Waals surface area (Å²) in [4.78, 5) is 41.3. The molecule has 1 aromatic rings. The average molecular weight is 321 g/mol. The molecule has 124 valence electrons. The van der Waals surface area contributed by atoms with Crippen molar-refractivity contribution in [2.45, 2.75) is 38.6 Å². The lowest BCUT2D eigenvalue weighted by Gasteiger charge is -2.41. The van der Waals surface area contributed by atoms with E-state index in [0.717, 1.165) is 0 Å². The van der Waals surface area contributed by atoms with Gasteiger partial charge in [0.1, 0.15) is 0 Å². The number of piperidine rings is 1. The number of carbonyl (C=O) groups excluding carboxylic acids is 2. The molecule has 8 nitrogen and oxygen atoms in total. The molecule has 8 heteroatoms. The van der Waals surface area contributed by atoms with Crippen molar-refractivity contribution in [2.75, 3.05) is 13.1 Å². The summed E-state index contributed by atoms with van der Waals surface area (Å²) in [6.07, 6.45) is 0.852. The third-order valence-corrected chi connectivity index (χ3v) is 4.78. The molecule has 2 saturated heterocycles. The lowest BCUT2D eigenvalue weighted by atomic mass is 9.77. The maximum absolute atomic E-state index is 12.5. The Kier molecular flexibility index (Phi) is 3.62. The molecule has 0 unspecified atom stereocenters. The van der Waals surface area contributed by atoms with Gasteiger partial charge in [0.05, 0.1) is 17.2 Å². The van der Waals surface area contributed by atoms with Gasteiger partial charge in [-0.05, 0) is 19.8 Å². The van der Waals surface area contributed by atoms with E-state index in [-0.39, 0.29) is 24.0 Å². The summed E-state index contributed by atoms with van der Waals surface area (Å²) in [5.74, 6) is -1.52. The van der Waals surface area contributed by atoms with Crippen LogP contribution in [0.15, 0.2) is 4.42 Å². The summed E-state index contributed by atoms with van der Waals surface area (Å²) in [5.41, 5.74) is -0.197. The van der Waals surface area contributed by atoms with E-state index in [1.807, 2.05) is 0 Å². The molecule has 2 amide bonds. The van der Waals surface area contributed by atoms with Crippen molar-refractivity contribution in [3.05, 3.63) is 17.3 Å². The van der Waals surface area contributed by atoms with Gasteiger partial charge in [-0.2, -0.15) is 0 Å². The first-order valence-electron chi connectivity index (χ1n) is 7.59. The zero-order valence-corrected chi connectivity index (χ0v) is 13.1. The molecule has 2 aliphatic heterocycles. The Morgan fingerprint density at radius 1 is 1.35 bits per heavy atom. The van der Waals surface area contributed by atoms with E-state index in [2.05, 4.69) is 10.3 Å². The number of nitrogens with one attached hydrogen (secondary N) is 1. The summed E-state index contributed by atoms with van der Waals surface area (Å²) in [6.45, 7) is 4.15. The number of rotatable bonds is 2. The van der Waals surface area contributed by atoms with Crippen LogP contribution in [0.4, 0.5) is 0 Å². The van der Waals surface area contributed by atoms with Crippen molar-refractivity contribution in [2.24, 2.45) is 5.92 Å². The highest BCUT2D eigenvalue weighted by molar-refractivity contribution is 5.93. The number of likely N-dealkylation sites (tertiary alicyclic amines) is 1. The van der Waals surface area contributed by atoms with E-state index >= 15 is 0 Å². The summed E-state index contributed by atoms with van der Waals surface area (Å²) in [5, 5.41) is 12.2. The number of carboxylic acid groups (broad SMARTS) is 1. The Bertz CT molecular complexity index is 673. The largest absolute Gasteiger partial charge is 0.481 e. The number of hydrogen-bond acceptors (Lipinski definition) is 5. The molecule has 2 fully saturated rings. The smallest absolute Gasteiger partial charge is 0.309 e. The van der Waals surface area contributed by atoms with Gasteiger partial charge in [0.2, 0.25) is 11.7 Å². The van der Waals surface area contributed by atoms with Crippen LogP contribution < -0.4 is 5.32 Å². The zero-order chi connectivity index (χ0) is 16.8. The van der Waals surface area contributed by atoms with Crippen molar-refractivity contribution in [1.82, 2.24) is 15.2 Å². The van der Waals surface area contributed by atoms with Gasteiger partial charge >= 0.3 is 5.97 Å². The maximum atomic E-state index is 12.5. The first-order valence-corrected chi connectivity index (χ1v) is 7.59. The normalized spacial score (nSPS) is 23.1. The molecule has 1 atom stereocenters. The minimum absolute atomic E-state index is 0.00366. The highest BCUT2D eigenvalue weighted by atomic mass is 16.4. The van der Waals surface area contributed by atoms with E-state index < -0.39 is 17.4 Å². The van der Waals surface area contributed by atoms with Crippen LogP contribution in [0.3, 0.4) is 0 Å². The van der Waals surface area contributed by atoms with Crippen LogP contribution in [-0.4, -0.2) is 51.4 Å². The molecule has 1 spiro atoms. The Labute approximate surface area is 132 Å². The molecule has 3 heterocycles. The molecule has 0 bridgehead atoms. The van der Waals surface area contributed by atoms with Gasteiger partial charge in [-0.3, -0.25) is 14.4 Å². The van der Waals surface area contributed by atoms with E-state index in [0.29, 0.717) is 37.5 Å². The number of aliphatic carboxylic acids is 1. The summed E-state index contributed by atoms with van der Waals surface area (Å²) >= 11 is 0. The summed E-state index contributed by atoms with van der Waals surface area (Å²) in [7, 11) is 0. The minimum Gasteiger partial charge on any atom is -0.481 e. The second kappa shape index (κ2) is 5.36. The predicted molar refractivity (Wildman–Crippen MR) is 77.7 cm³/mol. The summed E-state index contributed by atoms with van der Waals surface area (Å²) in [6, 6.07) is 0. The van der Waals surface area contributed by atoms with Crippen LogP contribution in [0.25, 0.3) is 0 Å². The zero-order valence-electron chi connectivity index (χ0n) is 13.1. The van der Waals surface area contributed by atoms with Gasteiger partial charge in [-0.25, -0.2) is 4.98 Å². The standard InChI is InChI=1S/C15H19N3O5/c1-8-12(23-9(2)16-8)13(20)18-5-3-15(4-6-18)10(14(21)22)7-11(19)17-15/h10H,3-7H2,1-2H3,(H,17,19)(H,21,22)/t10-/m1/s1. The Morgan fingerprint density at radius 3 is 2.52 bits per heavy atom.